The van der Waals surface area contributed by atoms with Gasteiger partial charge in [-0.1, -0.05) is 0 Å². The monoisotopic (exact) mass is 546 g/mol. The quantitative estimate of drug-likeness (QED) is 0.344. The summed E-state index contributed by atoms with van der Waals surface area (Å²) < 4.78 is 9.91. The fraction of sp³-hybridized carbons (Fsp3) is 0.385. The number of thiophene rings is 2. The number of fused-ring (bicyclic) bond motifs is 2. The molecule has 1 aliphatic rings. The zero-order chi connectivity index (χ0) is 24.4. The number of likely N-dealkylation sites (tertiary alicyclic amines) is 1. The van der Waals surface area contributed by atoms with Crippen LogP contribution >= 0.6 is 35.1 Å². The van der Waals surface area contributed by atoms with E-state index in [0.29, 0.717) is 23.9 Å². The van der Waals surface area contributed by atoms with Crippen LogP contribution in [-0.4, -0.2) is 55.2 Å². The van der Waals surface area contributed by atoms with Crippen LogP contribution in [0.1, 0.15) is 28.1 Å². The van der Waals surface area contributed by atoms with Gasteiger partial charge in [0.2, 0.25) is 0 Å². The van der Waals surface area contributed by atoms with Gasteiger partial charge in [-0.15, -0.1) is 35.1 Å². The first-order valence-electron chi connectivity index (χ1n) is 11.9. The van der Waals surface area contributed by atoms with Crippen molar-refractivity contribution in [2.45, 2.75) is 32.0 Å². The highest BCUT2D eigenvalue weighted by Crippen LogP contribution is 2.30. The van der Waals surface area contributed by atoms with Gasteiger partial charge in [0.25, 0.3) is 11.5 Å². The number of hydrogen-bond donors (Lipinski definition) is 2. The lowest BCUT2D eigenvalue weighted by Crippen LogP contribution is -2.43. The second-order valence-corrected chi connectivity index (χ2v) is 11.0. The van der Waals surface area contributed by atoms with Crippen LogP contribution in [0.4, 0.5) is 0 Å². The van der Waals surface area contributed by atoms with Crippen molar-refractivity contribution in [1.82, 2.24) is 20.1 Å². The number of nitrogens with zero attached hydrogens (tertiary/aromatic N) is 2. The van der Waals surface area contributed by atoms with E-state index in [4.69, 9.17) is 4.74 Å². The Balaban J connectivity index is 0.00000304. The molecule has 3 aromatic heterocycles. The second-order valence-electron chi connectivity index (χ2n) is 8.87. The van der Waals surface area contributed by atoms with E-state index in [0.717, 1.165) is 49.9 Å². The van der Waals surface area contributed by atoms with Gasteiger partial charge in [0.1, 0.15) is 5.75 Å². The number of amides is 1. The fourth-order valence-corrected chi connectivity index (χ4v) is 6.88. The molecule has 1 aromatic carbocycles. The number of nitrogens with one attached hydrogen (secondary N) is 2. The zero-order valence-electron chi connectivity index (χ0n) is 20.4. The van der Waals surface area contributed by atoms with Crippen LogP contribution in [0.25, 0.3) is 20.3 Å². The molecule has 0 saturated carbocycles. The van der Waals surface area contributed by atoms with Gasteiger partial charge >= 0.3 is 0 Å². The minimum atomic E-state index is -0.263. The van der Waals surface area contributed by atoms with Gasteiger partial charge in [-0.3, -0.25) is 9.59 Å². The van der Waals surface area contributed by atoms with Crippen molar-refractivity contribution in [3.8, 4) is 5.75 Å². The Kier molecular flexibility index (Phi) is 8.69. The lowest BCUT2D eigenvalue weighted by molar-refractivity contribution is 0.0964. The van der Waals surface area contributed by atoms with E-state index in [1.807, 2.05) is 29.5 Å². The molecule has 192 valence electrons. The van der Waals surface area contributed by atoms with Gasteiger partial charge in [-0.05, 0) is 55.6 Å². The molecule has 1 fully saturated rings. The van der Waals surface area contributed by atoms with Crippen LogP contribution in [0, 0.1) is 0 Å². The molecule has 0 unspecified atom stereocenters. The van der Waals surface area contributed by atoms with Gasteiger partial charge < -0.3 is 24.8 Å². The van der Waals surface area contributed by atoms with Crippen LogP contribution in [-0.2, 0) is 13.1 Å². The summed E-state index contributed by atoms with van der Waals surface area (Å²) >= 11 is 3.68. The van der Waals surface area contributed by atoms with E-state index < -0.39 is 0 Å². The number of benzene rings is 1. The van der Waals surface area contributed by atoms with Crippen molar-refractivity contribution in [2.75, 3.05) is 33.8 Å². The Morgan fingerprint density at radius 1 is 1.11 bits per heavy atom. The van der Waals surface area contributed by atoms with Gasteiger partial charge in [-0.2, -0.15) is 0 Å². The number of carbonyl (C=O) groups excluding carboxylic acids is 1. The number of pyridine rings is 1. The SMILES string of the molecule is CNC(=O)c1cc(=O)n(CCN2CCC(NCc3cc4sccc4s3)CC2)c2cc(OC)ccc12.Cl. The number of rotatable bonds is 8. The molecule has 5 rings (SSSR count). The second kappa shape index (κ2) is 11.7. The molecule has 0 aliphatic carbocycles. The molecule has 4 aromatic rings. The summed E-state index contributed by atoms with van der Waals surface area (Å²) in [5.74, 6) is 0.401. The number of halogens is 1. The number of piperidine rings is 1. The molecule has 1 aliphatic heterocycles. The minimum absolute atomic E-state index is 0. The molecule has 4 heterocycles. The highest BCUT2D eigenvalue weighted by molar-refractivity contribution is 7.26. The molecule has 10 heteroatoms. The Morgan fingerprint density at radius 3 is 2.64 bits per heavy atom. The molecule has 36 heavy (non-hydrogen) atoms. The maximum atomic E-state index is 13.0. The maximum absolute atomic E-state index is 13.0. The highest BCUT2D eigenvalue weighted by atomic mass is 35.5. The van der Waals surface area contributed by atoms with Gasteiger partial charge in [0.15, 0.2) is 0 Å². The molecule has 1 saturated heterocycles. The normalized spacial score (nSPS) is 14.7. The Hall–Kier alpha value is -2.43. The van der Waals surface area contributed by atoms with Gasteiger partial charge in [-0.25, -0.2) is 0 Å². The van der Waals surface area contributed by atoms with E-state index in [1.165, 1.54) is 20.3 Å². The molecular formula is C26H31ClN4O3S2. The topological polar surface area (TPSA) is 75.6 Å². The van der Waals surface area contributed by atoms with Crippen LogP contribution in [0.15, 0.2) is 46.6 Å². The lowest BCUT2D eigenvalue weighted by atomic mass is 10.0. The molecule has 0 bridgehead atoms. The average molecular weight is 547 g/mol. The largest absolute Gasteiger partial charge is 0.497 e. The van der Waals surface area contributed by atoms with Crippen LogP contribution in [0.5, 0.6) is 5.75 Å². The molecule has 0 spiro atoms. The van der Waals surface area contributed by atoms with Crippen molar-refractivity contribution >= 4 is 61.3 Å². The van der Waals surface area contributed by atoms with Crippen molar-refractivity contribution in [3.05, 3.63) is 62.6 Å². The third-order valence-electron chi connectivity index (χ3n) is 6.77. The lowest BCUT2D eigenvalue weighted by Gasteiger charge is -2.32. The summed E-state index contributed by atoms with van der Waals surface area (Å²) in [6, 6.07) is 12.0. The minimum Gasteiger partial charge on any atom is -0.497 e. The Labute approximate surface area is 224 Å². The van der Waals surface area contributed by atoms with Gasteiger partial charge in [0, 0.05) is 64.5 Å². The summed E-state index contributed by atoms with van der Waals surface area (Å²) in [6.45, 7) is 4.30. The molecular weight excluding hydrogens is 516 g/mol. The molecule has 0 atom stereocenters. The number of methoxy groups -OCH3 is 1. The van der Waals surface area contributed by atoms with Crippen LogP contribution in [0.3, 0.4) is 0 Å². The van der Waals surface area contributed by atoms with E-state index in [2.05, 4.69) is 33.0 Å². The summed E-state index contributed by atoms with van der Waals surface area (Å²) in [5, 5.41) is 9.27. The average Bonchev–Trinajstić information content (AvgIpc) is 3.48. The number of ether oxygens (including phenoxy) is 1. The summed E-state index contributed by atoms with van der Waals surface area (Å²) in [4.78, 5) is 29.2. The molecule has 0 radical (unpaired) electrons. The molecule has 7 nitrogen and oxygen atoms in total. The number of carbonyl (C=O) groups is 1. The summed E-state index contributed by atoms with van der Waals surface area (Å²) in [7, 11) is 3.18. The number of aromatic nitrogens is 1. The third-order valence-corrected chi connectivity index (χ3v) is 8.87. The van der Waals surface area contributed by atoms with E-state index in [9.17, 15) is 9.59 Å². The van der Waals surface area contributed by atoms with Crippen molar-refractivity contribution in [2.24, 2.45) is 0 Å². The van der Waals surface area contributed by atoms with Gasteiger partial charge in [0.05, 0.1) is 18.2 Å². The standard InChI is InChI=1S/C26H30N4O3S2.ClH/c1-27-26(32)21-15-25(31)30(22-13-18(33-2)3-4-20(21)22)11-10-29-8-5-17(6-9-29)28-16-19-14-24-23(35-19)7-12-34-24;/h3-4,7,12-15,17,28H,5-6,8-11,16H2,1-2H3,(H,27,32);1H. The van der Waals surface area contributed by atoms with Crippen LogP contribution < -0.4 is 20.9 Å². The van der Waals surface area contributed by atoms with Crippen molar-refractivity contribution in [1.29, 1.82) is 0 Å². The number of hydrogen-bond acceptors (Lipinski definition) is 7. The maximum Gasteiger partial charge on any atom is 0.251 e. The highest BCUT2D eigenvalue weighted by Gasteiger charge is 2.20. The molecule has 2 N–H and O–H groups in total. The predicted octanol–water partition coefficient (Wildman–Crippen LogP) is 4.32. The Bertz CT molecular complexity index is 1380. The fourth-order valence-electron chi connectivity index (χ4n) is 4.79. The first-order chi connectivity index (χ1) is 17.1. The third kappa shape index (κ3) is 5.60. The van der Waals surface area contributed by atoms with Crippen LogP contribution in [0.2, 0.25) is 0 Å². The smallest absolute Gasteiger partial charge is 0.251 e. The van der Waals surface area contributed by atoms with Crippen molar-refractivity contribution in [3.63, 3.8) is 0 Å². The van der Waals surface area contributed by atoms with E-state index >= 15 is 0 Å². The van der Waals surface area contributed by atoms with E-state index in [-0.39, 0.29) is 23.9 Å². The van der Waals surface area contributed by atoms with Crippen molar-refractivity contribution < 1.29 is 9.53 Å². The molecule has 1 amide bonds. The first-order valence-corrected chi connectivity index (χ1v) is 13.6. The Morgan fingerprint density at radius 2 is 1.92 bits per heavy atom. The zero-order valence-corrected chi connectivity index (χ0v) is 22.9. The summed E-state index contributed by atoms with van der Waals surface area (Å²) in [5.41, 5.74) is 0.948. The first kappa shape index (κ1) is 26.6. The predicted molar refractivity (Wildman–Crippen MR) is 151 cm³/mol. The summed E-state index contributed by atoms with van der Waals surface area (Å²) in [6.07, 6.45) is 2.19. The van der Waals surface area contributed by atoms with E-state index in [1.54, 1.807) is 30.1 Å².